The van der Waals surface area contributed by atoms with E-state index in [9.17, 15) is 0 Å². The Morgan fingerprint density at radius 3 is 2.40 bits per heavy atom. The fourth-order valence-corrected chi connectivity index (χ4v) is 7.86. The van der Waals surface area contributed by atoms with Crippen molar-refractivity contribution >= 4 is 0 Å². The molecule has 0 spiro atoms. The standard InChI is InChI=1S/C9H13.C5H5.Hf/c1-6-5-7(2)9(4)8(6)3;1-2-4-5-3-1;/h6H,1-4H3;1-3H,4H2;. The predicted molar refractivity (Wildman–Crippen MR) is 62.1 cm³/mol. The average molecular weight is 365 g/mol. The summed E-state index contributed by atoms with van der Waals surface area (Å²) in [4.78, 5) is 0. The van der Waals surface area contributed by atoms with E-state index in [2.05, 4.69) is 45.9 Å². The maximum atomic E-state index is 2.39. The first-order chi connectivity index (χ1) is 7.11. The van der Waals surface area contributed by atoms with Crippen molar-refractivity contribution in [3.8, 4) is 0 Å². The van der Waals surface area contributed by atoms with Crippen molar-refractivity contribution in [2.24, 2.45) is 5.92 Å². The van der Waals surface area contributed by atoms with Crippen LogP contribution in [0.5, 0.6) is 0 Å². The molecule has 15 heavy (non-hydrogen) atoms. The Balaban J connectivity index is 2.18. The van der Waals surface area contributed by atoms with Crippen LogP contribution in [0.1, 0.15) is 34.1 Å². The fourth-order valence-electron chi connectivity index (χ4n) is 2.28. The Hall–Kier alpha value is -0.170. The molecule has 2 aliphatic rings. The molecule has 0 heterocycles. The Kier molecular flexibility index (Phi) is 3.30. The van der Waals surface area contributed by atoms with Crippen molar-refractivity contribution in [1.82, 2.24) is 0 Å². The van der Waals surface area contributed by atoms with Gasteiger partial charge < -0.3 is 0 Å². The SMILES string of the molecule is CC1=C(C)C(C)[C]([Hf][C]2=CC=CC2)=C1C. The van der Waals surface area contributed by atoms with Crippen molar-refractivity contribution in [3.63, 3.8) is 0 Å². The zero-order valence-electron chi connectivity index (χ0n) is 10.0. The summed E-state index contributed by atoms with van der Waals surface area (Å²) >= 11 is -0.691. The zero-order valence-corrected chi connectivity index (χ0v) is 13.6. The van der Waals surface area contributed by atoms with Crippen molar-refractivity contribution in [2.45, 2.75) is 34.1 Å². The molecule has 0 amide bonds. The van der Waals surface area contributed by atoms with E-state index >= 15 is 0 Å². The molecule has 1 atom stereocenters. The number of allylic oxidation sites excluding steroid dienone is 8. The average Bonchev–Trinajstić information content (AvgIpc) is 2.79. The quantitative estimate of drug-likeness (QED) is 0.645. The van der Waals surface area contributed by atoms with Gasteiger partial charge in [0, 0.05) is 0 Å². The molecule has 2 aliphatic carbocycles. The van der Waals surface area contributed by atoms with E-state index in [0.29, 0.717) is 0 Å². The summed E-state index contributed by atoms with van der Waals surface area (Å²) in [5, 5.41) is 0. The monoisotopic (exact) mass is 366 g/mol. The van der Waals surface area contributed by atoms with Gasteiger partial charge in [-0.15, -0.1) is 0 Å². The molecule has 0 saturated heterocycles. The molecule has 2 rings (SSSR count). The van der Waals surface area contributed by atoms with Crippen LogP contribution in [0.4, 0.5) is 0 Å². The molecule has 0 saturated carbocycles. The van der Waals surface area contributed by atoms with Gasteiger partial charge in [-0.1, -0.05) is 0 Å². The Labute approximate surface area is 104 Å². The van der Waals surface area contributed by atoms with Gasteiger partial charge in [-0.25, -0.2) is 0 Å². The molecule has 0 nitrogen and oxygen atoms in total. The molecule has 1 heteroatoms. The summed E-state index contributed by atoms with van der Waals surface area (Å²) < 4.78 is 3.60. The summed E-state index contributed by atoms with van der Waals surface area (Å²) in [6.07, 6.45) is 8.12. The topological polar surface area (TPSA) is 0 Å². The van der Waals surface area contributed by atoms with E-state index in [-0.39, 0.29) is 0 Å². The summed E-state index contributed by atoms with van der Waals surface area (Å²) in [6, 6.07) is 0. The molecule has 0 bridgehead atoms. The van der Waals surface area contributed by atoms with E-state index in [4.69, 9.17) is 0 Å². The van der Waals surface area contributed by atoms with E-state index in [1.165, 1.54) is 6.42 Å². The summed E-state index contributed by atoms with van der Waals surface area (Å²) in [5.74, 6) is 0.745. The summed E-state index contributed by atoms with van der Waals surface area (Å²) in [7, 11) is 0. The van der Waals surface area contributed by atoms with Gasteiger partial charge in [-0.05, 0) is 0 Å². The Morgan fingerprint density at radius 1 is 1.20 bits per heavy atom. The Bertz CT molecular complexity index is 405. The summed E-state index contributed by atoms with van der Waals surface area (Å²) in [5.41, 5.74) is 4.80. The van der Waals surface area contributed by atoms with Crippen molar-refractivity contribution in [3.05, 3.63) is 41.6 Å². The number of hydrogen-bond acceptors (Lipinski definition) is 0. The third kappa shape index (κ3) is 2.04. The van der Waals surface area contributed by atoms with E-state index in [0.717, 1.165) is 5.92 Å². The van der Waals surface area contributed by atoms with Gasteiger partial charge in [-0.3, -0.25) is 0 Å². The molecule has 0 N–H and O–H groups in total. The van der Waals surface area contributed by atoms with Gasteiger partial charge in [0.15, 0.2) is 0 Å². The van der Waals surface area contributed by atoms with Gasteiger partial charge in [0.25, 0.3) is 0 Å². The van der Waals surface area contributed by atoms with Crippen LogP contribution in [0.2, 0.25) is 0 Å². The first kappa shape index (κ1) is 11.3. The van der Waals surface area contributed by atoms with Gasteiger partial charge >= 0.3 is 105 Å². The second-order valence-electron chi connectivity index (χ2n) is 4.52. The molecule has 0 aromatic rings. The predicted octanol–water partition coefficient (Wildman–Crippen LogP) is 4.17. The molecule has 0 aliphatic heterocycles. The third-order valence-electron chi connectivity index (χ3n) is 3.71. The van der Waals surface area contributed by atoms with Gasteiger partial charge in [0.2, 0.25) is 0 Å². The van der Waals surface area contributed by atoms with Crippen LogP contribution in [-0.2, 0) is 22.9 Å². The van der Waals surface area contributed by atoms with Crippen LogP contribution < -0.4 is 0 Å². The maximum absolute atomic E-state index is 2.39. The van der Waals surface area contributed by atoms with Crippen LogP contribution in [0, 0.1) is 5.92 Å². The van der Waals surface area contributed by atoms with Crippen molar-refractivity contribution < 1.29 is 22.9 Å². The second kappa shape index (κ2) is 4.37. The minimum atomic E-state index is -0.691. The zero-order chi connectivity index (χ0) is 11.0. The Morgan fingerprint density at radius 2 is 1.93 bits per heavy atom. The van der Waals surface area contributed by atoms with Crippen LogP contribution in [-0.4, -0.2) is 0 Å². The van der Waals surface area contributed by atoms with Crippen molar-refractivity contribution in [1.29, 1.82) is 0 Å². The molecule has 0 aromatic carbocycles. The number of rotatable bonds is 2. The van der Waals surface area contributed by atoms with Crippen LogP contribution in [0.3, 0.4) is 0 Å². The summed E-state index contributed by atoms with van der Waals surface area (Å²) in [6.45, 7) is 9.31. The van der Waals surface area contributed by atoms with Crippen LogP contribution >= 0.6 is 0 Å². The molecule has 78 valence electrons. The fraction of sp³-hybridized carbons (Fsp3) is 0.429. The normalized spacial score (nSPS) is 25.3. The van der Waals surface area contributed by atoms with E-state index < -0.39 is 22.9 Å². The van der Waals surface area contributed by atoms with E-state index in [1.807, 2.05) is 3.33 Å². The van der Waals surface area contributed by atoms with Crippen molar-refractivity contribution in [2.75, 3.05) is 0 Å². The molecular formula is C14H18Hf. The molecule has 1 unspecified atom stereocenters. The second-order valence-corrected chi connectivity index (χ2v) is 9.66. The molecule has 0 fully saturated rings. The number of hydrogen-bond donors (Lipinski definition) is 0. The molecular weight excluding hydrogens is 347 g/mol. The van der Waals surface area contributed by atoms with Gasteiger partial charge in [0.1, 0.15) is 0 Å². The first-order valence-electron chi connectivity index (χ1n) is 5.62. The molecule has 0 aromatic heterocycles. The van der Waals surface area contributed by atoms with Gasteiger partial charge in [0.05, 0.1) is 0 Å². The third-order valence-corrected chi connectivity index (χ3v) is 10.1. The van der Waals surface area contributed by atoms with E-state index in [1.54, 1.807) is 20.0 Å². The minimum absolute atomic E-state index is 0.691. The first-order valence-corrected chi connectivity index (χ1v) is 9.21. The van der Waals surface area contributed by atoms with Gasteiger partial charge in [-0.2, -0.15) is 0 Å². The molecule has 0 radical (unpaired) electrons. The van der Waals surface area contributed by atoms with Crippen LogP contribution in [0.15, 0.2) is 41.6 Å². The van der Waals surface area contributed by atoms with Crippen LogP contribution in [0.25, 0.3) is 0 Å².